The Bertz CT molecular complexity index is 674. The molecule has 0 spiro atoms. The topological polar surface area (TPSA) is 0 Å². The van der Waals surface area contributed by atoms with Crippen LogP contribution in [0.1, 0.15) is 41.6 Å². The fraction of sp³-hybridized carbons (Fsp3) is 0.400. The summed E-state index contributed by atoms with van der Waals surface area (Å²) in [5.41, 5.74) is 10.5. The van der Waals surface area contributed by atoms with Crippen LogP contribution in [0, 0.1) is 13.8 Å². The van der Waals surface area contributed by atoms with Gasteiger partial charge in [-0.2, -0.15) is 0 Å². The van der Waals surface area contributed by atoms with E-state index in [2.05, 4.69) is 77.2 Å². The molecule has 0 N–H and O–H groups in total. The van der Waals surface area contributed by atoms with Gasteiger partial charge in [-0.3, -0.25) is 0 Å². The summed E-state index contributed by atoms with van der Waals surface area (Å²) in [6, 6.07) is 4.72. The summed E-state index contributed by atoms with van der Waals surface area (Å²) in [6.45, 7) is 14.3. The first kappa shape index (κ1) is 14.6. The van der Waals surface area contributed by atoms with Crippen LogP contribution in [0.3, 0.4) is 0 Å². The smallest absolute Gasteiger partial charge is 0.0710 e. The highest BCUT2D eigenvalue weighted by atomic mass is 28.3. The fourth-order valence-electron chi connectivity index (χ4n) is 4.30. The summed E-state index contributed by atoms with van der Waals surface area (Å²) in [6.07, 6.45) is 9.27. The SMILES string of the molecule is CC1=C(C)C([Si](C)(C)C2C=CC=C2)c2ccc(C)c(C)c21. The van der Waals surface area contributed by atoms with E-state index in [9.17, 15) is 0 Å². The van der Waals surface area contributed by atoms with E-state index >= 15 is 0 Å². The molecule has 3 rings (SSSR count). The number of benzene rings is 1. The third-order valence-corrected chi connectivity index (χ3v) is 10.2. The Balaban J connectivity index is 2.17. The highest BCUT2D eigenvalue weighted by Gasteiger charge is 2.43. The Morgan fingerprint density at radius 1 is 0.905 bits per heavy atom. The van der Waals surface area contributed by atoms with Gasteiger partial charge in [0.05, 0.1) is 8.07 Å². The second kappa shape index (κ2) is 4.84. The molecule has 0 fully saturated rings. The molecule has 21 heavy (non-hydrogen) atoms. The van der Waals surface area contributed by atoms with Crippen LogP contribution in [0.4, 0.5) is 0 Å². The lowest BCUT2D eigenvalue weighted by molar-refractivity contribution is 1.02. The van der Waals surface area contributed by atoms with Crippen molar-refractivity contribution in [2.45, 2.75) is 51.9 Å². The summed E-state index contributed by atoms with van der Waals surface area (Å²) in [4.78, 5) is 0. The van der Waals surface area contributed by atoms with Gasteiger partial charge in [0.1, 0.15) is 0 Å². The third-order valence-electron chi connectivity index (χ3n) is 5.83. The molecular formula is C20H26Si. The van der Waals surface area contributed by atoms with Gasteiger partial charge in [0.2, 0.25) is 0 Å². The van der Waals surface area contributed by atoms with E-state index in [1.807, 2.05) is 0 Å². The first-order valence-electron chi connectivity index (χ1n) is 7.98. The van der Waals surface area contributed by atoms with Gasteiger partial charge < -0.3 is 0 Å². The maximum Gasteiger partial charge on any atom is 0.0710 e. The molecule has 1 heteroatoms. The van der Waals surface area contributed by atoms with Crippen molar-refractivity contribution in [2.24, 2.45) is 0 Å². The lowest BCUT2D eigenvalue weighted by Gasteiger charge is -2.36. The van der Waals surface area contributed by atoms with E-state index in [0.717, 1.165) is 0 Å². The van der Waals surface area contributed by atoms with Crippen molar-refractivity contribution in [3.05, 3.63) is 64.3 Å². The minimum Gasteiger partial charge on any atom is -0.0803 e. The van der Waals surface area contributed by atoms with Gasteiger partial charge in [0, 0.05) is 5.54 Å². The molecule has 1 aromatic carbocycles. The lowest BCUT2D eigenvalue weighted by atomic mass is 9.96. The number of fused-ring (bicyclic) bond motifs is 1. The zero-order valence-corrected chi connectivity index (χ0v) is 15.1. The van der Waals surface area contributed by atoms with E-state index in [-0.39, 0.29) is 0 Å². The van der Waals surface area contributed by atoms with Crippen LogP contribution < -0.4 is 0 Å². The summed E-state index contributed by atoms with van der Waals surface area (Å²) >= 11 is 0. The molecule has 110 valence electrons. The Labute approximate surface area is 130 Å². The number of hydrogen-bond donors (Lipinski definition) is 0. The first-order chi connectivity index (χ1) is 9.85. The van der Waals surface area contributed by atoms with Gasteiger partial charge in [-0.1, -0.05) is 55.1 Å². The van der Waals surface area contributed by atoms with Gasteiger partial charge in [-0.25, -0.2) is 0 Å². The predicted octanol–water partition coefficient (Wildman–Crippen LogP) is 5.94. The summed E-state index contributed by atoms with van der Waals surface area (Å²) in [5.74, 6) is 0. The first-order valence-corrected chi connectivity index (χ1v) is 11.1. The summed E-state index contributed by atoms with van der Waals surface area (Å²) in [5, 5.41) is 0. The number of aryl methyl sites for hydroxylation is 1. The second-order valence-corrected chi connectivity index (χ2v) is 12.2. The molecule has 0 saturated carbocycles. The predicted molar refractivity (Wildman–Crippen MR) is 96.4 cm³/mol. The molecule has 0 heterocycles. The van der Waals surface area contributed by atoms with Gasteiger partial charge in [0.15, 0.2) is 0 Å². The van der Waals surface area contributed by atoms with E-state index in [1.54, 1.807) is 16.7 Å². The molecule has 2 aliphatic carbocycles. The van der Waals surface area contributed by atoms with Gasteiger partial charge in [0.25, 0.3) is 0 Å². The molecule has 0 saturated heterocycles. The Morgan fingerprint density at radius 3 is 2.14 bits per heavy atom. The average Bonchev–Trinajstić information content (AvgIpc) is 3.04. The molecule has 1 atom stereocenters. The minimum absolute atomic E-state index is 0.657. The molecule has 1 unspecified atom stereocenters. The zero-order valence-electron chi connectivity index (χ0n) is 14.1. The van der Waals surface area contributed by atoms with Crippen LogP contribution >= 0.6 is 0 Å². The van der Waals surface area contributed by atoms with Crippen molar-refractivity contribution >= 4 is 13.6 Å². The van der Waals surface area contributed by atoms with E-state index in [0.29, 0.717) is 11.1 Å². The maximum absolute atomic E-state index is 2.56. The van der Waals surface area contributed by atoms with Crippen LogP contribution in [0.15, 0.2) is 42.0 Å². The van der Waals surface area contributed by atoms with Crippen molar-refractivity contribution in [1.29, 1.82) is 0 Å². The van der Waals surface area contributed by atoms with Crippen molar-refractivity contribution in [3.63, 3.8) is 0 Å². The molecule has 0 bridgehead atoms. The molecular weight excluding hydrogens is 268 g/mol. The summed E-state index contributed by atoms with van der Waals surface area (Å²) < 4.78 is 0. The van der Waals surface area contributed by atoms with Crippen LogP contribution in [0.2, 0.25) is 18.6 Å². The third kappa shape index (κ3) is 2.02. The molecule has 0 aliphatic heterocycles. The van der Waals surface area contributed by atoms with Crippen LogP contribution in [0.5, 0.6) is 0 Å². The highest BCUT2D eigenvalue weighted by Crippen LogP contribution is 2.51. The molecule has 0 nitrogen and oxygen atoms in total. The maximum atomic E-state index is 2.56. The highest BCUT2D eigenvalue weighted by molar-refractivity contribution is 6.82. The largest absolute Gasteiger partial charge is 0.0803 e. The molecule has 2 aliphatic rings. The summed E-state index contributed by atoms with van der Waals surface area (Å²) in [7, 11) is -1.47. The number of rotatable bonds is 2. The molecule has 1 aromatic rings. The number of hydrogen-bond acceptors (Lipinski definition) is 0. The lowest BCUT2D eigenvalue weighted by Crippen LogP contribution is -2.38. The standard InChI is InChI=1S/C20H26Si/c1-13-11-12-18-19(14(13)2)15(3)16(4)20(18)21(5,6)17-9-7-8-10-17/h7-12,17,20H,1-6H3. The molecule has 0 radical (unpaired) electrons. The average molecular weight is 295 g/mol. The van der Waals surface area contributed by atoms with Crippen molar-refractivity contribution in [3.8, 4) is 0 Å². The monoisotopic (exact) mass is 294 g/mol. The van der Waals surface area contributed by atoms with Crippen molar-refractivity contribution in [1.82, 2.24) is 0 Å². The number of allylic oxidation sites excluding steroid dienone is 6. The fourth-order valence-corrected chi connectivity index (χ4v) is 8.27. The second-order valence-electron chi connectivity index (χ2n) is 7.33. The minimum atomic E-state index is -1.47. The molecule has 0 amide bonds. The van der Waals surface area contributed by atoms with E-state index in [1.165, 1.54) is 16.7 Å². The van der Waals surface area contributed by atoms with Crippen LogP contribution in [-0.4, -0.2) is 8.07 Å². The van der Waals surface area contributed by atoms with Gasteiger partial charge >= 0.3 is 0 Å². The quantitative estimate of drug-likeness (QED) is 0.592. The van der Waals surface area contributed by atoms with Crippen molar-refractivity contribution < 1.29 is 0 Å². The van der Waals surface area contributed by atoms with Gasteiger partial charge in [-0.15, -0.1) is 0 Å². The van der Waals surface area contributed by atoms with Gasteiger partial charge in [-0.05, 0) is 61.1 Å². The zero-order chi connectivity index (χ0) is 15.4. The normalized spacial score (nSPS) is 21.5. The van der Waals surface area contributed by atoms with E-state index in [4.69, 9.17) is 0 Å². The van der Waals surface area contributed by atoms with E-state index < -0.39 is 8.07 Å². The van der Waals surface area contributed by atoms with Crippen molar-refractivity contribution in [2.75, 3.05) is 0 Å². The Hall–Kier alpha value is -1.34. The molecule has 0 aromatic heterocycles. The van der Waals surface area contributed by atoms with Crippen LogP contribution in [-0.2, 0) is 0 Å². The Kier molecular flexibility index (Phi) is 3.36. The Morgan fingerprint density at radius 2 is 1.52 bits per heavy atom. The van der Waals surface area contributed by atoms with Crippen LogP contribution in [0.25, 0.3) is 5.57 Å².